The molecule has 5 nitrogen and oxygen atoms in total. The Morgan fingerprint density at radius 3 is 2.37 bits per heavy atom. The first-order valence-electron chi connectivity index (χ1n) is 8.78. The van der Waals surface area contributed by atoms with Gasteiger partial charge in [-0.15, -0.1) is 24.0 Å². The Balaban J connectivity index is 0.00000364. The number of nitrogens with one attached hydrogen (secondary N) is 2. The third-order valence-electron chi connectivity index (χ3n) is 4.02. The molecule has 0 fully saturated rings. The summed E-state index contributed by atoms with van der Waals surface area (Å²) in [5.41, 5.74) is 3.59. The highest BCUT2D eigenvalue weighted by atomic mass is 127. The number of aryl methyl sites for hydroxylation is 2. The molecule has 27 heavy (non-hydrogen) atoms. The SMILES string of the molecule is CCNC(=NCc1ccc(C)cc1C)NCCS(=O)(=O)c1ccccc1.I. The minimum atomic E-state index is -3.29. The van der Waals surface area contributed by atoms with E-state index in [1.165, 1.54) is 11.1 Å². The van der Waals surface area contributed by atoms with Crippen molar-refractivity contribution in [1.29, 1.82) is 0 Å². The van der Waals surface area contributed by atoms with Crippen LogP contribution in [0.15, 0.2) is 58.4 Å². The summed E-state index contributed by atoms with van der Waals surface area (Å²) in [6, 6.07) is 14.8. The molecular formula is C20H28IN3O2S. The molecule has 2 aromatic carbocycles. The molecule has 2 aromatic rings. The molecule has 2 N–H and O–H groups in total. The second-order valence-electron chi connectivity index (χ2n) is 6.18. The molecule has 0 unspecified atom stereocenters. The molecule has 0 bridgehead atoms. The first-order chi connectivity index (χ1) is 12.4. The molecule has 0 aromatic heterocycles. The second kappa shape index (κ2) is 11.3. The highest BCUT2D eigenvalue weighted by Crippen LogP contribution is 2.11. The van der Waals surface area contributed by atoms with Crippen LogP contribution in [-0.4, -0.2) is 33.2 Å². The van der Waals surface area contributed by atoms with Crippen LogP contribution in [0.5, 0.6) is 0 Å². The molecule has 148 valence electrons. The molecule has 0 amide bonds. The van der Waals surface area contributed by atoms with Crippen molar-refractivity contribution in [1.82, 2.24) is 10.6 Å². The minimum absolute atomic E-state index is 0. The Kier molecular flexibility index (Phi) is 9.79. The lowest BCUT2D eigenvalue weighted by Crippen LogP contribution is -2.39. The number of hydrogen-bond acceptors (Lipinski definition) is 3. The van der Waals surface area contributed by atoms with Gasteiger partial charge in [0.2, 0.25) is 0 Å². The highest BCUT2D eigenvalue weighted by molar-refractivity contribution is 14.0. The Hall–Kier alpha value is -1.61. The average molecular weight is 501 g/mol. The van der Waals surface area contributed by atoms with Gasteiger partial charge in [0, 0.05) is 13.1 Å². The zero-order valence-corrected chi connectivity index (χ0v) is 19.2. The number of guanidine groups is 1. The molecule has 0 aliphatic rings. The van der Waals surface area contributed by atoms with Crippen molar-refractivity contribution < 1.29 is 8.42 Å². The van der Waals surface area contributed by atoms with E-state index < -0.39 is 9.84 Å². The van der Waals surface area contributed by atoms with Crippen LogP contribution in [0.25, 0.3) is 0 Å². The summed E-state index contributed by atoms with van der Waals surface area (Å²) in [6.45, 7) is 7.69. The quantitative estimate of drug-likeness (QED) is 0.347. The molecule has 0 aliphatic heterocycles. The van der Waals surface area contributed by atoms with Crippen LogP contribution in [0, 0.1) is 13.8 Å². The average Bonchev–Trinajstić information content (AvgIpc) is 2.61. The Morgan fingerprint density at radius 2 is 1.74 bits per heavy atom. The Bertz CT molecular complexity index is 853. The van der Waals surface area contributed by atoms with Gasteiger partial charge in [-0.3, -0.25) is 0 Å². The Morgan fingerprint density at radius 1 is 1.04 bits per heavy atom. The van der Waals surface area contributed by atoms with E-state index in [-0.39, 0.29) is 29.7 Å². The van der Waals surface area contributed by atoms with Crippen LogP contribution in [0.3, 0.4) is 0 Å². The first kappa shape index (κ1) is 23.4. The molecule has 0 radical (unpaired) electrons. The molecule has 0 aliphatic carbocycles. The van der Waals surface area contributed by atoms with E-state index in [1.54, 1.807) is 30.3 Å². The fourth-order valence-corrected chi connectivity index (χ4v) is 3.76. The summed E-state index contributed by atoms with van der Waals surface area (Å²) in [4.78, 5) is 4.91. The van der Waals surface area contributed by atoms with Gasteiger partial charge in [-0.25, -0.2) is 13.4 Å². The standard InChI is InChI=1S/C20H27N3O2S.HI/c1-4-21-20(23-15-18-11-10-16(2)14-17(18)3)22-12-13-26(24,25)19-8-6-5-7-9-19;/h5-11,14H,4,12-13,15H2,1-3H3,(H2,21,22,23);1H. The molecular weight excluding hydrogens is 473 g/mol. The highest BCUT2D eigenvalue weighted by Gasteiger charge is 2.13. The van der Waals surface area contributed by atoms with Crippen molar-refractivity contribution in [2.45, 2.75) is 32.2 Å². The largest absolute Gasteiger partial charge is 0.357 e. The minimum Gasteiger partial charge on any atom is -0.357 e. The number of nitrogens with zero attached hydrogens (tertiary/aromatic N) is 1. The van der Waals surface area contributed by atoms with Gasteiger partial charge in [0.25, 0.3) is 0 Å². The van der Waals surface area contributed by atoms with Gasteiger partial charge >= 0.3 is 0 Å². The van der Waals surface area contributed by atoms with Gasteiger partial charge < -0.3 is 10.6 Å². The summed E-state index contributed by atoms with van der Waals surface area (Å²) in [5.74, 6) is 0.640. The summed E-state index contributed by atoms with van der Waals surface area (Å²) in [7, 11) is -3.29. The lowest BCUT2D eigenvalue weighted by Gasteiger charge is -2.12. The fraction of sp³-hybridized carbons (Fsp3) is 0.350. The summed E-state index contributed by atoms with van der Waals surface area (Å²) >= 11 is 0. The van der Waals surface area contributed by atoms with E-state index in [4.69, 9.17) is 0 Å². The number of aliphatic imine (C=N–C) groups is 1. The molecule has 7 heteroatoms. The predicted octanol–water partition coefficient (Wildman–Crippen LogP) is 3.45. The van der Waals surface area contributed by atoms with Gasteiger partial charge in [-0.2, -0.15) is 0 Å². The molecule has 0 saturated carbocycles. The third-order valence-corrected chi connectivity index (χ3v) is 5.75. The van der Waals surface area contributed by atoms with Gasteiger partial charge in [0.1, 0.15) is 0 Å². The molecule has 2 rings (SSSR count). The summed E-state index contributed by atoms with van der Waals surface area (Å²) < 4.78 is 24.7. The molecule has 0 spiro atoms. The maximum atomic E-state index is 12.3. The zero-order chi connectivity index (χ0) is 19.0. The Labute approximate surface area is 179 Å². The number of rotatable bonds is 7. The number of halogens is 1. The van der Waals surface area contributed by atoms with Gasteiger partial charge in [-0.1, -0.05) is 42.0 Å². The van der Waals surface area contributed by atoms with E-state index in [9.17, 15) is 8.42 Å². The zero-order valence-electron chi connectivity index (χ0n) is 16.0. The van der Waals surface area contributed by atoms with Crippen molar-refractivity contribution in [3.63, 3.8) is 0 Å². The number of hydrogen-bond donors (Lipinski definition) is 2. The number of sulfone groups is 1. The van der Waals surface area contributed by atoms with E-state index in [0.717, 1.165) is 5.56 Å². The van der Waals surface area contributed by atoms with Crippen LogP contribution in [0.4, 0.5) is 0 Å². The number of benzene rings is 2. The van der Waals surface area contributed by atoms with E-state index in [0.29, 0.717) is 30.5 Å². The lowest BCUT2D eigenvalue weighted by atomic mass is 10.1. The van der Waals surface area contributed by atoms with Crippen molar-refractivity contribution >= 4 is 39.8 Å². The smallest absolute Gasteiger partial charge is 0.191 e. The van der Waals surface area contributed by atoms with Crippen LogP contribution in [0.1, 0.15) is 23.6 Å². The van der Waals surface area contributed by atoms with Gasteiger partial charge in [-0.05, 0) is 44.0 Å². The first-order valence-corrected chi connectivity index (χ1v) is 10.4. The maximum absolute atomic E-state index is 12.3. The van der Waals surface area contributed by atoms with Gasteiger partial charge in [0.15, 0.2) is 15.8 Å². The monoisotopic (exact) mass is 501 g/mol. The molecule has 0 heterocycles. The summed E-state index contributed by atoms with van der Waals surface area (Å²) in [5, 5.41) is 6.26. The second-order valence-corrected chi connectivity index (χ2v) is 8.29. The van der Waals surface area contributed by atoms with Crippen molar-refractivity contribution in [3.05, 3.63) is 65.2 Å². The third kappa shape index (κ3) is 7.50. The van der Waals surface area contributed by atoms with Crippen LogP contribution < -0.4 is 10.6 Å². The van der Waals surface area contributed by atoms with E-state index in [1.807, 2.05) is 6.92 Å². The molecule has 0 saturated heterocycles. The summed E-state index contributed by atoms with van der Waals surface area (Å²) in [6.07, 6.45) is 0. The van der Waals surface area contributed by atoms with Crippen LogP contribution >= 0.6 is 24.0 Å². The van der Waals surface area contributed by atoms with Gasteiger partial charge in [0.05, 0.1) is 17.2 Å². The van der Waals surface area contributed by atoms with Crippen molar-refractivity contribution in [2.75, 3.05) is 18.8 Å². The van der Waals surface area contributed by atoms with Crippen LogP contribution in [0.2, 0.25) is 0 Å². The van der Waals surface area contributed by atoms with Crippen LogP contribution in [-0.2, 0) is 16.4 Å². The fourth-order valence-electron chi connectivity index (χ4n) is 2.58. The maximum Gasteiger partial charge on any atom is 0.191 e. The molecule has 0 atom stereocenters. The topological polar surface area (TPSA) is 70.6 Å². The predicted molar refractivity (Wildman–Crippen MR) is 123 cm³/mol. The van der Waals surface area contributed by atoms with Crippen molar-refractivity contribution in [3.8, 4) is 0 Å². The lowest BCUT2D eigenvalue weighted by molar-refractivity contribution is 0.594. The normalized spacial score (nSPS) is 11.6. The van der Waals surface area contributed by atoms with E-state index in [2.05, 4.69) is 47.7 Å². The van der Waals surface area contributed by atoms with Crippen molar-refractivity contribution in [2.24, 2.45) is 4.99 Å². The van der Waals surface area contributed by atoms with E-state index >= 15 is 0 Å².